The van der Waals surface area contributed by atoms with E-state index >= 15 is 0 Å². The van der Waals surface area contributed by atoms with E-state index in [-0.39, 0.29) is 5.41 Å². The van der Waals surface area contributed by atoms with Gasteiger partial charge in [-0.1, -0.05) is 25.7 Å². The number of hydrogen-bond acceptors (Lipinski definition) is 3. The standard InChI is InChI=1S/C20H34O3/c1-13-7-9-17(21)14(2)6-8-16-15(13)12-20(16,5)11-10-18(22)19(3,4)23/h15-18,21-23H,1-2,6-12H2,3-5H3/t15?,16-,17+,18?,20-/m1/s1. The number of fused-ring (bicyclic) bond motifs is 1. The Morgan fingerprint density at radius 3 is 2.43 bits per heavy atom. The molecule has 23 heavy (non-hydrogen) atoms. The first-order valence-electron chi connectivity index (χ1n) is 8.98. The smallest absolute Gasteiger partial charge is 0.0849 e. The fourth-order valence-electron chi connectivity index (χ4n) is 4.43. The van der Waals surface area contributed by atoms with Crippen LogP contribution in [0.1, 0.15) is 65.7 Å². The Morgan fingerprint density at radius 2 is 1.83 bits per heavy atom. The molecule has 2 fully saturated rings. The van der Waals surface area contributed by atoms with Crippen molar-refractivity contribution in [2.45, 2.75) is 83.5 Å². The molecule has 2 saturated carbocycles. The summed E-state index contributed by atoms with van der Waals surface area (Å²) in [5, 5.41) is 30.2. The van der Waals surface area contributed by atoms with Crippen LogP contribution in [0.4, 0.5) is 0 Å². The molecule has 0 heterocycles. The second-order valence-corrected chi connectivity index (χ2v) is 8.69. The summed E-state index contributed by atoms with van der Waals surface area (Å²) in [6.45, 7) is 13.9. The van der Waals surface area contributed by atoms with Crippen molar-refractivity contribution in [3.8, 4) is 0 Å². The molecule has 3 nitrogen and oxygen atoms in total. The molecule has 0 spiro atoms. The zero-order valence-electron chi connectivity index (χ0n) is 15.0. The maximum atomic E-state index is 10.1. The zero-order chi connectivity index (χ0) is 17.4. The first kappa shape index (κ1) is 18.7. The molecule has 0 radical (unpaired) electrons. The average Bonchev–Trinajstić information content (AvgIpc) is 2.49. The SMILES string of the molecule is C=C1CC[C@H](O)C(=C)CC[C@@H]2C1C[C@@]2(C)CCC(O)C(C)(C)O. The lowest BCUT2D eigenvalue weighted by Crippen LogP contribution is -2.48. The van der Waals surface area contributed by atoms with Crippen LogP contribution in [0.2, 0.25) is 0 Å². The van der Waals surface area contributed by atoms with Crippen molar-refractivity contribution in [3.63, 3.8) is 0 Å². The highest BCUT2D eigenvalue weighted by Gasteiger charge is 2.50. The number of aliphatic hydroxyl groups is 3. The Morgan fingerprint density at radius 1 is 1.22 bits per heavy atom. The van der Waals surface area contributed by atoms with Crippen LogP contribution in [0.25, 0.3) is 0 Å². The lowest BCUT2D eigenvalue weighted by Gasteiger charge is -2.55. The van der Waals surface area contributed by atoms with Crippen molar-refractivity contribution in [2.75, 3.05) is 0 Å². The van der Waals surface area contributed by atoms with Crippen LogP contribution in [-0.2, 0) is 0 Å². The van der Waals surface area contributed by atoms with E-state index in [1.165, 1.54) is 5.57 Å². The molecule has 2 rings (SSSR count). The molecule has 0 amide bonds. The number of allylic oxidation sites excluding steroid dienone is 1. The lowest BCUT2D eigenvalue weighted by molar-refractivity contribution is -0.0759. The third-order valence-electron chi connectivity index (χ3n) is 6.38. The third kappa shape index (κ3) is 4.07. The number of aliphatic hydroxyl groups excluding tert-OH is 2. The van der Waals surface area contributed by atoms with E-state index in [0.717, 1.165) is 44.1 Å². The Labute approximate surface area is 141 Å². The molecule has 0 aromatic heterocycles. The molecule has 0 saturated heterocycles. The molecule has 3 N–H and O–H groups in total. The van der Waals surface area contributed by atoms with Crippen LogP contribution in [0.15, 0.2) is 24.3 Å². The van der Waals surface area contributed by atoms with Crippen LogP contribution in [0.5, 0.6) is 0 Å². The minimum atomic E-state index is -1.04. The summed E-state index contributed by atoms with van der Waals surface area (Å²) in [6, 6.07) is 0. The van der Waals surface area contributed by atoms with Crippen LogP contribution in [-0.4, -0.2) is 33.1 Å². The topological polar surface area (TPSA) is 60.7 Å². The summed E-state index contributed by atoms with van der Waals surface area (Å²) < 4.78 is 0. The van der Waals surface area contributed by atoms with Gasteiger partial charge in [0.15, 0.2) is 0 Å². The average molecular weight is 322 g/mol. The van der Waals surface area contributed by atoms with E-state index in [1.54, 1.807) is 13.8 Å². The monoisotopic (exact) mass is 322 g/mol. The van der Waals surface area contributed by atoms with Gasteiger partial charge in [0, 0.05) is 0 Å². The minimum absolute atomic E-state index is 0.190. The molecule has 5 atom stereocenters. The second kappa shape index (κ2) is 6.70. The summed E-state index contributed by atoms with van der Waals surface area (Å²) >= 11 is 0. The molecule has 0 aliphatic heterocycles. The van der Waals surface area contributed by atoms with Crippen molar-refractivity contribution >= 4 is 0 Å². The third-order valence-corrected chi connectivity index (χ3v) is 6.38. The molecule has 0 bridgehead atoms. The highest BCUT2D eigenvalue weighted by molar-refractivity contribution is 5.17. The van der Waals surface area contributed by atoms with Crippen LogP contribution in [0, 0.1) is 17.3 Å². The second-order valence-electron chi connectivity index (χ2n) is 8.69. The van der Waals surface area contributed by atoms with Crippen LogP contribution in [0.3, 0.4) is 0 Å². The van der Waals surface area contributed by atoms with E-state index in [9.17, 15) is 15.3 Å². The van der Waals surface area contributed by atoms with Gasteiger partial charge < -0.3 is 15.3 Å². The van der Waals surface area contributed by atoms with Crippen molar-refractivity contribution in [1.29, 1.82) is 0 Å². The van der Waals surface area contributed by atoms with Gasteiger partial charge >= 0.3 is 0 Å². The quantitative estimate of drug-likeness (QED) is 0.693. The summed E-state index contributed by atoms with van der Waals surface area (Å²) in [5.74, 6) is 1.09. The maximum Gasteiger partial charge on any atom is 0.0849 e. The van der Waals surface area contributed by atoms with Gasteiger partial charge in [-0.3, -0.25) is 0 Å². The van der Waals surface area contributed by atoms with E-state index < -0.39 is 17.8 Å². The van der Waals surface area contributed by atoms with Crippen LogP contribution < -0.4 is 0 Å². The van der Waals surface area contributed by atoms with Gasteiger partial charge in [-0.2, -0.15) is 0 Å². The normalized spacial score (nSPS) is 37.2. The maximum absolute atomic E-state index is 10.1. The van der Waals surface area contributed by atoms with Gasteiger partial charge in [0.2, 0.25) is 0 Å². The Balaban J connectivity index is 2.02. The molecule has 132 valence electrons. The van der Waals surface area contributed by atoms with E-state index in [2.05, 4.69) is 20.1 Å². The van der Waals surface area contributed by atoms with Crippen molar-refractivity contribution in [2.24, 2.45) is 17.3 Å². The van der Waals surface area contributed by atoms with Gasteiger partial charge in [-0.15, -0.1) is 0 Å². The molecule has 3 heteroatoms. The first-order chi connectivity index (χ1) is 10.5. The fraction of sp³-hybridized carbons (Fsp3) is 0.800. The predicted octanol–water partition coefficient (Wildman–Crippen LogP) is 3.59. The molecular formula is C20H34O3. The Bertz CT molecular complexity index is 462. The van der Waals surface area contributed by atoms with Gasteiger partial charge in [0.1, 0.15) is 0 Å². The Kier molecular flexibility index (Phi) is 5.44. The first-order valence-corrected chi connectivity index (χ1v) is 8.98. The highest BCUT2D eigenvalue weighted by Crippen LogP contribution is 2.59. The van der Waals surface area contributed by atoms with Crippen molar-refractivity contribution in [3.05, 3.63) is 24.3 Å². The molecule has 0 aromatic rings. The van der Waals surface area contributed by atoms with E-state index in [4.69, 9.17) is 0 Å². The summed E-state index contributed by atoms with van der Waals surface area (Å²) in [6.07, 6.45) is 5.10. The molecule has 2 aliphatic carbocycles. The molecule has 2 aliphatic rings. The van der Waals surface area contributed by atoms with Gasteiger partial charge in [0.05, 0.1) is 17.8 Å². The summed E-state index contributed by atoms with van der Waals surface area (Å²) in [7, 11) is 0. The van der Waals surface area contributed by atoms with Gasteiger partial charge in [-0.05, 0) is 81.6 Å². The molecule has 0 aromatic carbocycles. The van der Waals surface area contributed by atoms with Crippen molar-refractivity contribution in [1.82, 2.24) is 0 Å². The number of rotatable bonds is 4. The highest BCUT2D eigenvalue weighted by atomic mass is 16.3. The predicted molar refractivity (Wildman–Crippen MR) is 94.0 cm³/mol. The lowest BCUT2D eigenvalue weighted by atomic mass is 9.49. The van der Waals surface area contributed by atoms with E-state index in [0.29, 0.717) is 18.3 Å². The molecular weight excluding hydrogens is 288 g/mol. The summed E-state index contributed by atoms with van der Waals surface area (Å²) in [4.78, 5) is 0. The largest absolute Gasteiger partial charge is 0.390 e. The number of hydrogen-bond donors (Lipinski definition) is 3. The van der Waals surface area contributed by atoms with Crippen LogP contribution >= 0.6 is 0 Å². The summed E-state index contributed by atoms with van der Waals surface area (Å²) in [5.41, 5.74) is 1.36. The zero-order valence-corrected chi connectivity index (χ0v) is 15.0. The van der Waals surface area contributed by atoms with Gasteiger partial charge in [-0.25, -0.2) is 0 Å². The minimum Gasteiger partial charge on any atom is -0.390 e. The fourth-order valence-corrected chi connectivity index (χ4v) is 4.43. The molecule has 2 unspecified atom stereocenters. The van der Waals surface area contributed by atoms with Crippen molar-refractivity contribution < 1.29 is 15.3 Å². The van der Waals surface area contributed by atoms with Gasteiger partial charge in [0.25, 0.3) is 0 Å². The Hall–Kier alpha value is -0.640. The van der Waals surface area contributed by atoms with E-state index in [1.807, 2.05) is 0 Å².